The summed E-state index contributed by atoms with van der Waals surface area (Å²) in [5.41, 5.74) is 0.838. The summed E-state index contributed by atoms with van der Waals surface area (Å²) >= 11 is 1.35. The summed E-state index contributed by atoms with van der Waals surface area (Å²) in [6.07, 6.45) is 0.654. The van der Waals surface area contributed by atoms with Crippen LogP contribution in [0.25, 0.3) is 0 Å². The number of carbonyl (C=O) groups is 1. The molecule has 1 atom stereocenters. The van der Waals surface area contributed by atoms with Gasteiger partial charge in [-0.1, -0.05) is 24.3 Å². The van der Waals surface area contributed by atoms with E-state index in [1.807, 2.05) is 38.1 Å². The van der Waals surface area contributed by atoms with E-state index in [-0.39, 0.29) is 11.9 Å². The molecule has 1 amide bonds. The minimum absolute atomic E-state index is 0.128. The van der Waals surface area contributed by atoms with Gasteiger partial charge in [-0.05, 0) is 25.5 Å². The van der Waals surface area contributed by atoms with Gasteiger partial charge < -0.3 is 10.1 Å². The van der Waals surface area contributed by atoms with Crippen LogP contribution in [0.1, 0.15) is 18.4 Å². The van der Waals surface area contributed by atoms with Crippen molar-refractivity contribution in [1.29, 1.82) is 0 Å². The number of hydrogen-bond donors (Lipinski definition) is 2. The topological polar surface area (TPSA) is 76.1 Å². The van der Waals surface area contributed by atoms with E-state index in [0.29, 0.717) is 11.6 Å². The molecule has 7 heteroatoms. The SMILES string of the molecule is CC[C@@H](Nc1cccc(OC)c1)C(=O)Nc1nnc(C)s1. The van der Waals surface area contributed by atoms with E-state index in [0.717, 1.165) is 16.4 Å². The fourth-order valence-corrected chi connectivity index (χ4v) is 2.40. The van der Waals surface area contributed by atoms with E-state index in [2.05, 4.69) is 20.8 Å². The molecular weight excluding hydrogens is 288 g/mol. The molecular formula is C14H18N4O2S. The van der Waals surface area contributed by atoms with Crippen molar-refractivity contribution in [2.45, 2.75) is 26.3 Å². The summed E-state index contributed by atoms with van der Waals surface area (Å²) in [5.74, 6) is 0.617. The average molecular weight is 306 g/mol. The molecule has 112 valence electrons. The molecule has 2 aromatic rings. The summed E-state index contributed by atoms with van der Waals surface area (Å²) < 4.78 is 5.17. The van der Waals surface area contributed by atoms with Gasteiger partial charge in [-0.25, -0.2) is 0 Å². The van der Waals surface area contributed by atoms with Crippen molar-refractivity contribution in [2.24, 2.45) is 0 Å². The summed E-state index contributed by atoms with van der Waals surface area (Å²) in [6.45, 7) is 3.79. The number of ether oxygens (including phenoxy) is 1. The highest BCUT2D eigenvalue weighted by Gasteiger charge is 2.18. The third-order valence-electron chi connectivity index (χ3n) is 2.89. The number of methoxy groups -OCH3 is 1. The molecule has 0 aliphatic rings. The molecule has 1 aromatic carbocycles. The van der Waals surface area contributed by atoms with E-state index in [4.69, 9.17) is 4.74 Å². The van der Waals surface area contributed by atoms with E-state index in [1.165, 1.54) is 11.3 Å². The molecule has 0 spiro atoms. The maximum Gasteiger partial charge on any atom is 0.248 e. The summed E-state index contributed by atoms with van der Waals surface area (Å²) in [5, 5.41) is 15.1. The zero-order chi connectivity index (χ0) is 15.2. The Hall–Kier alpha value is -2.15. The third kappa shape index (κ3) is 4.16. The van der Waals surface area contributed by atoms with E-state index < -0.39 is 0 Å². The molecule has 1 aromatic heterocycles. The quantitative estimate of drug-likeness (QED) is 0.858. The second-order valence-electron chi connectivity index (χ2n) is 4.45. The molecule has 0 fully saturated rings. The largest absolute Gasteiger partial charge is 0.497 e. The maximum absolute atomic E-state index is 12.2. The van der Waals surface area contributed by atoms with Gasteiger partial charge in [0.05, 0.1) is 7.11 Å². The van der Waals surface area contributed by atoms with Crippen molar-refractivity contribution < 1.29 is 9.53 Å². The Balaban J connectivity index is 2.02. The van der Waals surface area contributed by atoms with Gasteiger partial charge in [-0.15, -0.1) is 10.2 Å². The van der Waals surface area contributed by atoms with Gasteiger partial charge in [-0.2, -0.15) is 0 Å². The second kappa shape index (κ2) is 7.03. The average Bonchev–Trinajstić information content (AvgIpc) is 2.90. The number of aryl methyl sites for hydroxylation is 1. The number of hydrogen-bond acceptors (Lipinski definition) is 6. The summed E-state index contributed by atoms with van der Waals surface area (Å²) in [6, 6.07) is 7.13. The fraction of sp³-hybridized carbons (Fsp3) is 0.357. The van der Waals surface area contributed by atoms with Crippen LogP contribution in [0.4, 0.5) is 10.8 Å². The number of anilines is 2. The molecule has 21 heavy (non-hydrogen) atoms. The van der Waals surface area contributed by atoms with Crippen molar-refractivity contribution in [3.8, 4) is 5.75 Å². The van der Waals surface area contributed by atoms with Crippen LogP contribution in [-0.4, -0.2) is 29.3 Å². The standard InChI is InChI=1S/C14H18N4O2S/c1-4-12(13(19)16-14-18-17-9(2)21-14)15-10-6-5-7-11(8-10)20-3/h5-8,12,15H,4H2,1-3H3,(H,16,18,19)/t12-/m1/s1. The van der Waals surface area contributed by atoms with Crippen molar-refractivity contribution >= 4 is 28.1 Å². The molecule has 2 rings (SSSR count). The highest BCUT2D eigenvalue weighted by Crippen LogP contribution is 2.19. The van der Waals surface area contributed by atoms with Crippen LogP contribution >= 0.6 is 11.3 Å². The lowest BCUT2D eigenvalue weighted by atomic mass is 10.2. The Morgan fingerprint density at radius 1 is 1.43 bits per heavy atom. The van der Waals surface area contributed by atoms with Crippen LogP contribution in [0.5, 0.6) is 5.75 Å². The molecule has 2 N–H and O–H groups in total. The van der Waals surface area contributed by atoms with Crippen molar-refractivity contribution in [1.82, 2.24) is 10.2 Å². The van der Waals surface area contributed by atoms with Gasteiger partial charge in [0.15, 0.2) is 0 Å². The molecule has 6 nitrogen and oxygen atoms in total. The van der Waals surface area contributed by atoms with Gasteiger partial charge in [-0.3, -0.25) is 10.1 Å². The minimum Gasteiger partial charge on any atom is -0.497 e. The molecule has 1 heterocycles. The Morgan fingerprint density at radius 2 is 2.24 bits per heavy atom. The normalized spacial score (nSPS) is 11.8. The van der Waals surface area contributed by atoms with Gasteiger partial charge in [0.25, 0.3) is 0 Å². The molecule has 0 bridgehead atoms. The smallest absolute Gasteiger partial charge is 0.248 e. The number of carbonyl (C=O) groups excluding carboxylic acids is 1. The lowest BCUT2D eigenvalue weighted by Crippen LogP contribution is -2.34. The van der Waals surface area contributed by atoms with Crippen molar-refractivity contribution in [3.63, 3.8) is 0 Å². The van der Waals surface area contributed by atoms with Crippen LogP contribution in [0.3, 0.4) is 0 Å². The van der Waals surface area contributed by atoms with E-state index >= 15 is 0 Å². The number of nitrogens with one attached hydrogen (secondary N) is 2. The zero-order valence-electron chi connectivity index (χ0n) is 12.2. The van der Waals surface area contributed by atoms with E-state index in [9.17, 15) is 4.79 Å². The van der Waals surface area contributed by atoms with Crippen LogP contribution in [0.2, 0.25) is 0 Å². The van der Waals surface area contributed by atoms with Crippen molar-refractivity contribution in [2.75, 3.05) is 17.7 Å². The van der Waals surface area contributed by atoms with Gasteiger partial charge >= 0.3 is 0 Å². The van der Waals surface area contributed by atoms with Crippen LogP contribution < -0.4 is 15.4 Å². The fourth-order valence-electron chi connectivity index (χ4n) is 1.81. The van der Waals surface area contributed by atoms with Crippen LogP contribution in [0, 0.1) is 6.92 Å². The van der Waals surface area contributed by atoms with Gasteiger partial charge in [0, 0.05) is 11.8 Å². The van der Waals surface area contributed by atoms with Crippen molar-refractivity contribution in [3.05, 3.63) is 29.3 Å². The van der Waals surface area contributed by atoms with Crippen LogP contribution in [0.15, 0.2) is 24.3 Å². The van der Waals surface area contributed by atoms with Crippen LogP contribution in [-0.2, 0) is 4.79 Å². The first-order valence-electron chi connectivity index (χ1n) is 6.64. The Bertz CT molecular complexity index is 615. The zero-order valence-corrected chi connectivity index (χ0v) is 13.0. The molecule has 0 radical (unpaired) electrons. The Labute approximate surface area is 127 Å². The first-order valence-corrected chi connectivity index (χ1v) is 7.45. The number of aromatic nitrogens is 2. The number of amides is 1. The summed E-state index contributed by atoms with van der Waals surface area (Å²) in [4.78, 5) is 12.2. The lowest BCUT2D eigenvalue weighted by Gasteiger charge is -2.17. The highest BCUT2D eigenvalue weighted by molar-refractivity contribution is 7.15. The van der Waals surface area contributed by atoms with E-state index in [1.54, 1.807) is 7.11 Å². The first-order chi connectivity index (χ1) is 10.1. The predicted octanol–water partition coefficient (Wildman–Crippen LogP) is 2.68. The number of benzene rings is 1. The molecule has 0 saturated heterocycles. The monoisotopic (exact) mass is 306 g/mol. The first kappa shape index (κ1) is 15.2. The summed E-state index contributed by atoms with van der Waals surface area (Å²) in [7, 11) is 1.61. The Morgan fingerprint density at radius 3 is 2.86 bits per heavy atom. The van der Waals surface area contributed by atoms with Gasteiger partial charge in [0.1, 0.15) is 16.8 Å². The number of nitrogens with zero attached hydrogens (tertiary/aromatic N) is 2. The second-order valence-corrected chi connectivity index (χ2v) is 5.63. The molecule has 0 saturated carbocycles. The van der Waals surface area contributed by atoms with Gasteiger partial charge in [0.2, 0.25) is 11.0 Å². The molecule has 0 unspecified atom stereocenters. The lowest BCUT2D eigenvalue weighted by molar-refractivity contribution is -0.117. The molecule has 0 aliphatic heterocycles. The highest BCUT2D eigenvalue weighted by atomic mass is 32.1. The molecule has 0 aliphatic carbocycles. The maximum atomic E-state index is 12.2. The third-order valence-corrected chi connectivity index (χ3v) is 3.65. The Kier molecular flexibility index (Phi) is 5.10. The number of rotatable bonds is 6. The minimum atomic E-state index is -0.346. The predicted molar refractivity (Wildman–Crippen MR) is 84.0 cm³/mol.